The molecule has 0 saturated carbocycles. The van der Waals surface area contributed by atoms with Crippen LogP contribution in [-0.2, 0) is 0 Å². The van der Waals surface area contributed by atoms with Crippen molar-refractivity contribution in [1.29, 1.82) is 0 Å². The quantitative estimate of drug-likeness (QED) is 0.440. The molecule has 0 radical (unpaired) electrons. The van der Waals surface area contributed by atoms with Crippen molar-refractivity contribution in [2.75, 3.05) is 0 Å². The van der Waals surface area contributed by atoms with E-state index in [0.29, 0.717) is 5.56 Å². The zero-order valence-corrected chi connectivity index (χ0v) is 10.9. The third-order valence-electron chi connectivity index (χ3n) is 2.51. The second-order valence-electron chi connectivity index (χ2n) is 4.14. The highest BCUT2D eigenvalue weighted by atomic mass is 16.6. The van der Waals surface area contributed by atoms with Crippen molar-refractivity contribution < 1.29 is 14.8 Å². The minimum atomic E-state index is -0.711. The van der Waals surface area contributed by atoms with Gasteiger partial charge in [0.05, 0.1) is 11.1 Å². The molecule has 9 nitrogen and oxygen atoms in total. The van der Waals surface area contributed by atoms with Crippen LogP contribution in [0.2, 0.25) is 0 Å². The number of H-pyrrole nitrogens is 1. The van der Waals surface area contributed by atoms with Crippen LogP contribution in [0.15, 0.2) is 29.4 Å². The molecule has 9 heteroatoms. The number of nitrogens with one attached hydrogen (secondary N) is 2. The Morgan fingerprint density at radius 2 is 2.29 bits per heavy atom. The van der Waals surface area contributed by atoms with Crippen molar-refractivity contribution in [1.82, 2.24) is 15.6 Å². The molecule has 0 fully saturated rings. The molecule has 0 unspecified atom stereocenters. The topological polar surface area (TPSA) is 134 Å². The van der Waals surface area contributed by atoms with E-state index in [2.05, 4.69) is 20.7 Å². The number of nitro benzene ring substituents is 1. The Bertz CT molecular complexity index is 722. The highest BCUT2D eigenvalue weighted by Gasteiger charge is 2.13. The summed E-state index contributed by atoms with van der Waals surface area (Å²) >= 11 is 0. The third-order valence-corrected chi connectivity index (χ3v) is 2.51. The first-order valence-electron chi connectivity index (χ1n) is 5.80. The lowest BCUT2D eigenvalue weighted by Crippen LogP contribution is -2.18. The summed E-state index contributed by atoms with van der Waals surface area (Å²) in [5.41, 5.74) is 3.08. The van der Waals surface area contributed by atoms with Gasteiger partial charge in [0, 0.05) is 17.3 Å². The molecule has 0 aliphatic rings. The Hall–Kier alpha value is -3.23. The molecule has 0 atom stereocenters. The normalized spacial score (nSPS) is 10.7. The number of aromatic nitrogens is 2. The number of carbonyl (C=O) groups is 1. The number of phenols is 1. The van der Waals surface area contributed by atoms with Gasteiger partial charge in [-0.15, -0.1) is 0 Å². The number of rotatable bonds is 4. The fourth-order valence-electron chi connectivity index (χ4n) is 1.52. The molecular formula is C12H11N5O4. The third kappa shape index (κ3) is 3.41. The fourth-order valence-corrected chi connectivity index (χ4v) is 1.52. The van der Waals surface area contributed by atoms with Crippen molar-refractivity contribution in [2.45, 2.75) is 6.92 Å². The Kier molecular flexibility index (Phi) is 3.93. The number of hydrazone groups is 1. The first kappa shape index (κ1) is 14.2. The van der Waals surface area contributed by atoms with Crippen molar-refractivity contribution in [3.63, 3.8) is 0 Å². The lowest BCUT2D eigenvalue weighted by atomic mass is 10.2. The van der Waals surface area contributed by atoms with Crippen LogP contribution in [-0.4, -0.2) is 32.3 Å². The highest BCUT2D eigenvalue weighted by Crippen LogP contribution is 2.25. The van der Waals surface area contributed by atoms with E-state index >= 15 is 0 Å². The minimum absolute atomic E-state index is 0.182. The van der Waals surface area contributed by atoms with Crippen molar-refractivity contribution >= 4 is 17.8 Å². The second kappa shape index (κ2) is 5.82. The number of nitro groups is 1. The molecule has 0 saturated heterocycles. The molecule has 21 heavy (non-hydrogen) atoms. The van der Waals surface area contributed by atoms with Crippen LogP contribution in [0.1, 0.15) is 21.7 Å². The van der Waals surface area contributed by atoms with Gasteiger partial charge in [-0.3, -0.25) is 20.0 Å². The maximum Gasteiger partial charge on any atom is 0.311 e. The molecule has 1 aromatic heterocycles. The number of aromatic amines is 1. The molecule has 1 aromatic carbocycles. The predicted molar refractivity (Wildman–Crippen MR) is 73.1 cm³/mol. The SMILES string of the molecule is Cc1cc(C(=O)N/N=C\c2ccc(O)c([N+](=O)[O-])c2)n[nH]1. The summed E-state index contributed by atoms with van der Waals surface area (Å²) in [6.07, 6.45) is 1.23. The monoisotopic (exact) mass is 289 g/mol. The van der Waals surface area contributed by atoms with Gasteiger partial charge in [0.1, 0.15) is 0 Å². The van der Waals surface area contributed by atoms with Crippen molar-refractivity contribution in [3.05, 3.63) is 51.3 Å². The standard InChI is InChI=1S/C12H11N5O4/c1-7-4-9(15-14-7)12(19)16-13-6-8-2-3-11(18)10(5-8)17(20)21/h2-6,18H,1H3,(H,14,15)(H,16,19)/b13-6-. The molecule has 0 bridgehead atoms. The summed E-state index contributed by atoms with van der Waals surface area (Å²) in [5.74, 6) is -0.947. The summed E-state index contributed by atoms with van der Waals surface area (Å²) in [4.78, 5) is 21.6. The van der Waals surface area contributed by atoms with E-state index in [1.807, 2.05) is 0 Å². The smallest absolute Gasteiger partial charge is 0.311 e. The Balaban J connectivity index is 2.06. The lowest BCUT2D eigenvalue weighted by molar-refractivity contribution is -0.385. The molecular weight excluding hydrogens is 278 g/mol. The summed E-state index contributed by atoms with van der Waals surface area (Å²) in [7, 11) is 0. The van der Waals surface area contributed by atoms with Crippen LogP contribution in [0.5, 0.6) is 5.75 Å². The van der Waals surface area contributed by atoms with Gasteiger partial charge < -0.3 is 5.11 Å². The molecule has 3 N–H and O–H groups in total. The predicted octanol–water partition coefficient (Wildman–Crippen LogP) is 1.10. The number of hydrogen-bond acceptors (Lipinski definition) is 6. The van der Waals surface area contributed by atoms with Gasteiger partial charge >= 0.3 is 5.69 Å². The molecule has 0 aliphatic heterocycles. The first-order chi connectivity index (χ1) is 9.97. The van der Waals surface area contributed by atoms with Gasteiger partial charge in [-0.25, -0.2) is 5.43 Å². The van der Waals surface area contributed by atoms with Crippen LogP contribution in [0.25, 0.3) is 0 Å². The maximum atomic E-state index is 11.6. The molecule has 1 amide bonds. The van der Waals surface area contributed by atoms with Crippen LogP contribution in [0.3, 0.4) is 0 Å². The zero-order chi connectivity index (χ0) is 15.4. The number of nitrogens with zero attached hydrogens (tertiary/aromatic N) is 3. The molecule has 1 heterocycles. The van der Waals surface area contributed by atoms with Gasteiger partial charge in [-0.1, -0.05) is 0 Å². The summed E-state index contributed by atoms with van der Waals surface area (Å²) in [5, 5.41) is 30.0. The average molecular weight is 289 g/mol. The molecule has 2 aromatic rings. The summed E-state index contributed by atoms with van der Waals surface area (Å²) in [6.45, 7) is 1.75. The maximum absolute atomic E-state index is 11.6. The number of hydrogen-bond donors (Lipinski definition) is 3. The van der Waals surface area contributed by atoms with E-state index in [9.17, 15) is 20.0 Å². The molecule has 2 rings (SSSR count). The van der Waals surface area contributed by atoms with Crippen LogP contribution >= 0.6 is 0 Å². The van der Waals surface area contributed by atoms with Gasteiger partial charge in [0.15, 0.2) is 11.4 Å². The van der Waals surface area contributed by atoms with Gasteiger partial charge in [-0.2, -0.15) is 10.2 Å². The summed E-state index contributed by atoms with van der Waals surface area (Å²) in [6, 6.07) is 5.30. The number of amides is 1. The number of aryl methyl sites for hydroxylation is 1. The van der Waals surface area contributed by atoms with Gasteiger partial charge in [0.25, 0.3) is 5.91 Å². The van der Waals surface area contributed by atoms with E-state index in [1.165, 1.54) is 18.3 Å². The lowest BCUT2D eigenvalue weighted by Gasteiger charge is -1.98. The number of benzene rings is 1. The minimum Gasteiger partial charge on any atom is -0.502 e. The van der Waals surface area contributed by atoms with E-state index in [4.69, 9.17) is 0 Å². The Morgan fingerprint density at radius 1 is 1.52 bits per heavy atom. The van der Waals surface area contributed by atoms with E-state index < -0.39 is 22.3 Å². The molecule has 108 valence electrons. The number of aromatic hydroxyl groups is 1. The second-order valence-corrected chi connectivity index (χ2v) is 4.14. The van der Waals surface area contributed by atoms with Gasteiger partial charge in [0.2, 0.25) is 0 Å². The van der Waals surface area contributed by atoms with Crippen molar-refractivity contribution in [3.8, 4) is 5.75 Å². The average Bonchev–Trinajstić information content (AvgIpc) is 2.87. The van der Waals surface area contributed by atoms with Crippen LogP contribution in [0, 0.1) is 17.0 Å². The first-order valence-corrected chi connectivity index (χ1v) is 5.80. The number of carbonyl (C=O) groups excluding carboxylic acids is 1. The summed E-state index contributed by atoms with van der Waals surface area (Å²) < 4.78 is 0. The van der Waals surface area contributed by atoms with E-state index in [1.54, 1.807) is 13.0 Å². The fraction of sp³-hybridized carbons (Fsp3) is 0.0833. The molecule has 0 aliphatic carbocycles. The van der Waals surface area contributed by atoms with Crippen LogP contribution in [0.4, 0.5) is 5.69 Å². The van der Waals surface area contributed by atoms with Crippen molar-refractivity contribution in [2.24, 2.45) is 5.10 Å². The van der Waals surface area contributed by atoms with Gasteiger partial charge in [-0.05, 0) is 25.1 Å². The Morgan fingerprint density at radius 3 is 2.90 bits per heavy atom. The van der Waals surface area contributed by atoms with E-state index in [0.717, 1.165) is 11.8 Å². The molecule has 0 spiro atoms. The number of phenolic OH excluding ortho intramolecular Hbond substituents is 1. The van der Waals surface area contributed by atoms with Crippen LogP contribution < -0.4 is 5.43 Å². The Labute approximate surface area is 118 Å². The zero-order valence-electron chi connectivity index (χ0n) is 10.9. The largest absolute Gasteiger partial charge is 0.502 e. The highest BCUT2D eigenvalue weighted by molar-refractivity contribution is 5.93. The van der Waals surface area contributed by atoms with E-state index in [-0.39, 0.29) is 5.69 Å².